The number of aryl methyl sites for hydroxylation is 2. The van der Waals surface area contributed by atoms with Crippen molar-refractivity contribution >= 4 is 27.6 Å². The first kappa shape index (κ1) is 18.3. The molecule has 0 bridgehead atoms. The lowest BCUT2D eigenvalue weighted by Crippen LogP contribution is -2.27. The molecule has 0 radical (unpaired) electrons. The number of benzene rings is 2. The number of nitrogens with one attached hydrogen (secondary N) is 1. The van der Waals surface area contributed by atoms with E-state index in [0.717, 1.165) is 21.3 Å². The molecule has 0 saturated carbocycles. The number of guanidine groups is 1. The molecular weight excluding hydrogens is 370 g/mol. The molecule has 0 aromatic heterocycles. The zero-order valence-corrected chi connectivity index (χ0v) is 15.4. The van der Waals surface area contributed by atoms with Gasteiger partial charge in [0, 0.05) is 5.69 Å². The van der Waals surface area contributed by atoms with E-state index in [1.807, 2.05) is 50.2 Å². The fourth-order valence-electron chi connectivity index (χ4n) is 2.24. The first-order valence-corrected chi connectivity index (χ1v) is 8.44. The maximum absolute atomic E-state index is 9.97. The van der Waals surface area contributed by atoms with Crippen molar-refractivity contribution in [2.75, 3.05) is 18.5 Å². The number of nitrogens with two attached hydrogens (primary N) is 1. The summed E-state index contributed by atoms with van der Waals surface area (Å²) in [5, 5.41) is 13.0. The van der Waals surface area contributed by atoms with Crippen LogP contribution in [0.4, 0.5) is 5.69 Å². The molecule has 2 aromatic rings. The van der Waals surface area contributed by atoms with Crippen LogP contribution in [0.2, 0.25) is 0 Å². The van der Waals surface area contributed by atoms with Gasteiger partial charge < -0.3 is 20.9 Å². The van der Waals surface area contributed by atoms with E-state index in [2.05, 4.69) is 32.3 Å². The van der Waals surface area contributed by atoms with Gasteiger partial charge in [-0.3, -0.25) is 4.99 Å². The third kappa shape index (κ3) is 5.86. The average Bonchev–Trinajstić information content (AvgIpc) is 2.51. The topological polar surface area (TPSA) is 79.9 Å². The van der Waals surface area contributed by atoms with E-state index in [1.165, 1.54) is 0 Å². The lowest BCUT2D eigenvalue weighted by Gasteiger charge is -2.12. The van der Waals surface area contributed by atoms with Gasteiger partial charge >= 0.3 is 0 Å². The van der Waals surface area contributed by atoms with Crippen LogP contribution in [0.15, 0.2) is 51.9 Å². The van der Waals surface area contributed by atoms with E-state index in [4.69, 9.17) is 10.5 Å². The Morgan fingerprint density at radius 2 is 1.92 bits per heavy atom. The smallest absolute Gasteiger partial charge is 0.193 e. The molecule has 1 atom stereocenters. The van der Waals surface area contributed by atoms with Crippen LogP contribution in [0.5, 0.6) is 5.75 Å². The second-order valence-corrected chi connectivity index (χ2v) is 6.48. The van der Waals surface area contributed by atoms with E-state index < -0.39 is 6.10 Å². The summed E-state index contributed by atoms with van der Waals surface area (Å²) in [5.74, 6) is 0.946. The fourth-order valence-corrected chi connectivity index (χ4v) is 2.64. The standard InChI is InChI=1S/C18H22BrN3O2/c1-12-7-13(2)9-14(8-12)22-18(20)21-10-15(23)11-24-17-6-4-3-5-16(17)19/h3-9,15,23H,10-11H2,1-2H3,(H3,20,21,22). The van der Waals surface area contributed by atoms with Crippen molar-refractivity contribution in [1.29, 1.82) is 0 Å². The Balaban J connectivity index is 1.84. The molecule has 0 aliphatic carbocycles. The van der Waals surface area contributed by atoms with Crippen molar-refractivity contribution in [3.63, 3.8) is 0 Å². The molecule has 0 heterocycles. The summed E-state index contributed by atoms with van der Waals surface area (Å²) in [7, 11) is 0. The monoisotopic (exact) mass is 391 g/mol. The number of nitrogens with zero attached hydrogens (tertiary/aromatic N) is 1. The van der Waals surface area contributed by atoms with Gasteiger partial charge in [-0.25, -0.2) is 0 Å². The van der Waals surface area contributed by atoms with Crippen LogP contribution in [0.3, 0.4) is 0 Å². The van der Waals surface area contributed by atoms with Crippen molar-refractivity contribution < 1.29 is 9.84 Å². The van der Waals surface area contributed by atoms with E-state index >= 15 is 0 Å². The zero-order chi connectivity index (χ0) is 17.5. The van der Waals surface area contributed by atoms with Crippen LogP contribution in [0, 0.1) is 13.8 Å². The van der Waals surface area contributed by atoms with E-state index in [9.17, 15) is 5.11 Å². The van der Waals surface area contributed by atoms with E-state index in [-0.39, 0.29) is 19.1 Å². The number of anilines is 1. The van der Waals surface area contributed by atoms with Crippen LogP contribution in [0.1, 0.15) is 11.1 Å². The van der Waals surface area contributed by atoms with E-state index in [1.54, 1.807) is 0 Å². The number of para-hydroxylation sites is 1. The maximum atomic E-state index is 9.97. The summed E-state index contributed by atoms with van der Waals surface area (Å²) in [6.07, 6.45) is -0.739. The summed E-state index contributed by atoms with van der Waals surface area (Å²) < 4.78 is 6.40. The molecule has 1 unspecified atom stereocenters. The molecule has 2 rings (SSSR count). The largest absolute Gasteiger partial charge is 0.490 e. The van der Waals surface area contributed by atoms with E-state index in [0.29, 0.717) is 5.75 Å². The molecule has 0 saturated heterocycles. The summed E-state index contributed by atoms with van der Waals surface area (Å²) in [5.41, 5.74) is 9.04. The van der Waals surface area contributed by atoms with Gasteiger partial charge in [-0.15, -0.1) is 0 Å². The van der Waals surface area contributed by atoms with Crippen molar-refractivity contribution in [1.82, 2.24) is 0 Å². The minimum Gasteiger partial charge on any atom is -0.490 e. The quantitative estimate of drug-likeness (QED) is 0.521. The van der Waals surface area contributed by atoms with Crippen LogP contribution in [-0.4, -0.2) is 30.3 Å². The molecular formula is C18H22BrN3O2. The van der Waals surface area contributed by atoms with Crippen molar-refractivity contribution in [3.8, 4) is 5.75 Å². The summed E-state index contributed by atoms with van der Waals surface area (Å²) in [4.78, 5) is 4.16. The van der Waals surface area contributed by atoms with Gasteiger partial charge in [0.2, 0.25) is 0 Å². The Kier molecular flexibility index (Phi) is 6.63. The van der Waals surface area contributed by atoms with Crippen molar-refractivity contribution in [2.45, 2.75) is 20.0 Å². The third-order valence-corrected chi connectivity index (χ3v) is 3.89. The number of aliphatic hydroxyl groups excluding tert-OH is 1. The first-order valence-electron chi connectivity index (χ1n) is 7.64. The Morgan fingerprint density at radius 3 is 2.58 bits per heavy atom. The second-order valence-electron chi connectivity index (χ2n) is 5.62. The van der Waals surface area contributed by atoms with Gasteiger partial charge in [0.15, 0.2) is 5.96 Å². The van der Waals surface area contributed by atoms with Gasteiger partial charge in [0.1, 0.15) is 18.5 Å². The van der Waals surface area contributed by atoms with Gasteiger partial charge in [-0.2, -0.15) is 0 Å². The van der Waals surface area contributed by atoms with Crippen LogP contribution < -0.4 is 15.8 Å². The number of hydrogen-bond acceptors (Lipinski definition) is 3. The highest BCUT2D eigenvalue weighted by atomic mass is 79.9. The summed E-state index contributed by atoms with van der Waals surface area (Å²) in [6, 6.07) is 13.5. The molecule has 2 aromatic carbocycles. The normalized spacial score (nSPS) is 12.8. The van der Waals surface area contributed by atoms with Crippen LogP contribution in [-0.2, 0) is 0 Å². The van der Waals surface area contributed by atoms with Gasteiger partial charge in [0.25, 0.3) is 0 Å². The molecule has 0 amide bonds. The third-order valence-electron chi connectivity index (χ3n) is 3.23. The highest BCUT2D eigenvalue weighted by Crippen LogP contribution is 2.23. The molecule has 0 fully saturated rings. The minimum absolute atomic E-state index is 0.142. The highest BCUT2D eigenvalue weighted by Gasteiger charge is 2.07. The molecule has 128 valence electrons. The summed E-state index contributed by atoms with van der Waals surface area (Å²) >= 11 is 3.39. The number of ether oxygens (including phenoxy) is 1. The van der Waals surface area contributed by atoms with Gasteiger partial charge in [-0.05, 0) is 65.2 Å². The van der Waals surface area contributed by atoms with Gasteiger partial charge in [-0.1, -0.05) is 18.2 Å². The lowest BCUT2D eigenvalue weighted by atomic mass is 10.1. The molecule has 24 heavy (non-hydrogen) atoms. The van der Waals surface area contributed by atoms with Crippen molar-refractivity contribution in [2.24, 2.45) is 10.7 Å². The predicted molar refractivity (Wildman–Crippen MR) is 102 cm³/mol. The molecule has 6 heteroatoms. The fraction of sp³-hybridized carbons (Fsp3) is 0.278. The van der Waals surface area contributed by atoms with Gasteiger partial charge in [0.05, 0.1) is 11.0 Å². The summed E-state index contributed by atoms with van der Waals surface area (Å²) in [6.45, 7) is 4.35. The Labute approximate surface area is 150 Å². The molecule has 4 N–H and O–H groups in total. The van der Waals surface area contributed by atoms with Crippen LogP contribution in [0.25, 0.3) is 0 Å². The number of rotatable bonds is 6. The Hall–Kier alpha value is -2.05. The minimum atomic E-state index is -0.739. The molecule has 5 nitrogen and oxygen atoms in total. The SMILES string of the molecule is Cc1cc(C)cc(NC(N)=NCC(O)COc2ccccc2Br)c1. The Bertz CT molecular complexity index is 699. The van der Waals surface area contributed by atoms with Crippen LogP contribution >= 0.6 is 15.9 Å². The molecule has 0 aliphatic rings. The Morgan fingerprint density at radius 1 is 1.25 bits per heavy atom. The number of hydrogen-bond donors (Lipinski definition) is 3. The maximum Gasteiger partial charge on any atom is 0.193 e. The lowest BCUT2D eigenvalue weighted by molar-refractivity contribution is 0.114. The number of aliphatic imine (C=N–C) groups is 1. The molecule has 0 spiro atoms. The molecule has 0 aliphatic heterocycles. The first-order chi connectivity index (χ1) is 11.4. The predicted octanol–water partition coefficient (Wildman–Crippen LogP) is 3.23. The number of halogens is 1. The second kappa shape index (κ2) is 8.70. The average molecular weight is 392 g/mol. The zero-order valence-electron chi connectivity index (χ0n) is 13.8. The van der Waals surface area contributed by atoms with Crippen molar-refractivity contribution in [3.05, 3.63) is 58.1 Å². The highest BCUT2D eigenvalue weighted by molar-refractivity contribution is 9.10. The number of aliphatic hydroxyl groups is 1.